The average Bonchev–Trinajstić information content (AvgIpc) is 3.45. The van der Waals surface area contributed by atoms with Gasteiger partial charge in [-0.05, 0) is 18.2 Å². The zero-order chi connectivity index (χ0) is 22.1. The summed E-state index contributed by atoms with van der Waals surface area (Å²) in [6.07, 6.45) is 3.09. The lowest BCUT2D eigenvalue weighted by molar-refractivity contribution is 0.0968. The molecule has 0 aliphatic rings. The van der Waals surface area contributed by atoms with Crippen molar-refractivity contribution in [2.45, 2.75) is 11.4 Å². The van der Waals surface area contributed by atoms with Crippen LogP contribution in [0.5, 0.6) is 0 Å². The minimum atomic E-state index is -3.85. The maximum atomic E-state index is 13.2. The van der Waals surface area contributed by atoms with Crippen molar-refractivity contribution in [3.63, 3.8) is 0 Å². The van der Waals surface area contributed by atoms with Crippen LogP contribution in [0.25, 0.3) is 22.2 Å². The first-order chi connectivity index (χ1) is 15.5. The third-order valence-electron chi connectivity index (χ3n) is 5.19. The van der Waals surface area contributed by atoms with E-state index < -0.39 is 10.0 Å². The molecule has 0 aliphatic carbocycles. The lowest BCUT2D eigenvalue weighted by Crippen LogP contribution is -2.13. The Morgan fingerprint density at radius 1 is 0.812 bits per heavy atom. The molecule has 2 aromatic heterocycles. The van der Waals surface area contributed by atoms with Gasteiger partial charge in [-0.1, -0.05) is 71.9 Å². The highest BCUT2D eigenvalue weighted by Crippen LogP contribution is 2.26. The van der Waals surface area contributed by atoms with Gasteiger partial charge in [0.05, 0.1) is 16.6 Å². The highest BCUT2D eigenvalue weighted by Gasteiger charge is 2.23. The number of carbonyl (C=O) groups excluding carboxylic acids is 1. The molecule has 32 heavy (non-hydrogen) atoms. The van der Waals surface area contributed by atoms with Gasteiger partial charge >= 0.3 is 0 Å². The molecule has 0 saturated carbocycles. The summed E-state index contributed by atoms with van der Waals surface area (Å²) in [6, 6.07) is 24.7. The topological polar surface area (TPSA) is 86.8 Å². The third kappa shape index (κ3) is 3.50. The summed E-state index contributed by atoms with van der Waals surface area (Å²) in [4.78, 5) is 13.3. The van der Waals surface area contributed by atoms with Crippen LogP contribution in [0.2, 0.25) is 0 Å². The van der Waals surface area contributed by atoms with E-state index in [0.29, 0.717) is 22.2 Å². The maximum absolute atomic E-state index is 13.2. The highest BCUT2D eigenvalue weighted by molar-refractivity contribution is 7.90. The van der Waals surface area contributed by atoms with Crippen LogP contribution in [-0.4, -0.2) is 33.2 Å². The Morgan fingerprint density at radius 2 is 1.47 bits per heavy atom. The number of hydrogen-bond acceptors (Lipinski definition) is 5. The molecule has 0 fully saturated rings. The molecular weight excluding hydrogens is 424 g/mol. The second-order valence-electron chi connectivity index (χ2n) is 7.26. The van der Waals surface area contributed by atoms with E-state index in [1.807, 2.05) is 30.3 Å². The van der Waals surface area contributed by atoms with Crippen LogP contribution in [-0.2, 0) is 16.6 Å². The van der Waals surface area contributed by atoms with Gasteiger partial charge in [0.25, 0.3) is 10.0 Å². The number of ketones is 1. The number of hydrogen-bond donors (Lipinski definition) is 0. The Labute approximate surface area is 184 Å². The number of benzene rings is 3. The first kappa shape index (κ1) is 19.9. The molecule has 3 aromatic carbocycles. The Balaban J connectivity index is 1.52. The molecule has 0 atom stereocenters. The summed E-state index contributed by atoms with van der Waals surface area (Å²) in [5, 5.41) is 8.77. The maximum Gasteiger partial charge on any atom is 0.268 e. The summed E-state index contributed by atoms with van der Waals surface area (Å²) in [7, 11) is -3.85. The molecule has 0 N–H and O–H groups in total. The van der Waals surface area contributed by atoms with E-state index in [2.05, 4.69) is 10.3 Å². The van der Waals surface area contributed by atoms with E-state index in [-0.39, 0.29) is 17.2 Å². The largest absolute Gasteiger partial charge is 0.292 e. The van der Waals surface area contributed by atoms with Crippen molar-refractivity contribution < 1.29 is 13.2 Å². The fourth-order valence-electron chi connectivity index (χ4n) is 3.63. The number of aromatic nitrogens is 4. The van der Waals surface area contributed by atoms with Gasteiger partial charge in [0.1, 0.15) is 12.2 Å². The minimum absolute atomic E-state index is 0.0563. The molecule has 0 amide bonds. The molecule has 0 radical (unpaired) electrons. The van der Waals surface area contributed by atoms with Crippen molar-refractivity contribution in [1.29, 1.82) is 0 Å². The zero-order valence-corrected chi connectivity index (χ0v) is 17.7. The van der Waals surface area contributed by atoms with Crippen molar-refractivity contribution in [3.8, 4) is 11.3 Å². The van der Waals surface area contributed by atoms with E-state index >= 15 is 0 Å². The van der Waals surface area contributed by atoms with Gasteiger partial charge in [0.2, 0.25) is 0 Å². The van der Waals surface area contributed by atoms with Crippen LogP contribution in [0.15, 0.2) is 102 Å². The van der Waals surface area contributed by atoms with Crippen LogP contribution in [0.1, 0.15) is 10.4 Å². The van der Waals surface area contributed by atoms with Crippen molar-refractivity contribution >= 4 is 26.7 Å². The molecule has 8 heteroatoms. The first-order valence-corrected chi connectivity index (χ1v) is 11.4. The highest BCUT2D eigenvalue weighted by atomic mass is 32.2. The molecule has 5 rings (SSSR count). The number of para-hydroxylation sites is 1. The Kier molecular flexibility index (Phi) is 4.91. The van der Waals surface area contributed by atoms with Gasteiger partial charge in [0, 0.05) is 22.7 Å². The number of carbonyl (C=O) groups is 1. The second-order valence-corrected chi connectivity index (χ2v) is 9.08. The molecule has 0 saturated heterocycles. The van der Waals surface area contributed by atoms with Crippen LogP contribution in [0.4, 0.5) is 0 Å². The Bertz CT molecular complexity index is 1520. The normalized spacial score (nSPS) is 11.6. The molecule has 7 nitrogen and oxygen atoms in total. The van der Waals surface area contributed by atoms with E-state index in [1.54, 1.807) is 48.7 Å². The molecule has 5 aromatic rings. The van der Waals surface area contributed by atoms with E-state index in [0.717, 1.165) is 5.56 Å². The lowest BCUT2D eigenvalue weighted by atomic mass is 10.1. The summed E-state index contributed by atoms with van der Waals surface area (Å²) < 4.78 is 29.1. The van der Waals surface area contributed by atoms with Crippen molar-refractivity contribution in [1.82, 2.24) is 19.0 Å². The number of rotatable bonds is 6. The molecular formula is C24H18N4O3S. The third-order valence-corrected chi connectivity index (χ3v) is 6.88. The van der Waals surface area contributed by atoms with Crippen molar-refractivity contribution in [2.24, 2.45) is 0 Å². The first-order valence-electron chi connectivity index (χ1n) is 9.93. The van der Waals surface area contributed by atoms with Gasteiger partial charge in [-0.25, -0.2) is 17.1 Å². The molecule has 0 aliphatic heterocycles. The van der Waals surface area contributed by atoms with Crippen LogP contribution < -0.4 is 0 Å². The van der Waals surface area contributed by atoms with E-state index in [1.165, 1.54) is 27.0 Å². The van der Waals surface area contributed by atoms with Gasteiger partial charge in [0.15, 0.2) is 5.78 Å². The summed E-state index contributed by atoms with van der Waals surface area (Å²) >= 11 is 0. The van der Waals surface area contributed by atoms with Crippen molar-refractivity contribution in [2.75, 3.05) is 0 Å². The van der Waals surface area contributed by atoms with E-state index in [4.69, 9.17) is 0 Å². The van der Waals surface area contributed by atoms with Crippen LogP contribution in [0, 0.1) is 0 Å². The van der Waals surface area contributed by atoms with Gasteiger partial charge < -0.3 is 0 Å². The van der Waals surface area contributed by atoms with Crippen LogP contribution >= 0.6 is 0 Å². The second kappa shape index (κ2) is 7.90. The quantitative estimate of drug-likeness (QED) is 0.371. The molecule has 0 spiro atoms. The van der Waals surface area contributed by atoms with E-state index in [9.17, 15) is 13.2 Å². The molecule has 0 bridgehead atoms. The number of nitrogens with zero attached hydrogens (tertiary/aromatic N) is 4. The van der Waals surface area contributed by atoms with Crippen LogP contribution in [0.3, 0.4) is 0 Å². The molecule has 2 heterocycles. The predicted octanol–water partition coefficient (Wildman–Crippen LogP) is 4.02. The standard InChI is InChI=1S/C24H18N4O3S/c29-24(17-27-16-22(25-26-27)18-9-3-1-4-10-18)21-15-28(23-14-8-7-13-20(21)23)32(30,31)19-11-5-2-6-12-19/h1-16H,17H2. The number of fused-ring (bicyclic) bond motifs is 1. The summed E-state index contributed by atoms with van der Waals surface area (Å²) in [5.74, 6) is -0.257. The van der Waals surface area contributed by atoms with Gasteiger partial charge in [-0.3, -0.25) is 4.79 Å². The number of Topliss-reactive ketones (excluding diaryl/α,β-unsaturated/α-hetero) is 1. The monoisotopic (exact) mass is 442 g/mol. The summed E-state index contributed by atoms with van der Waals surface area (Å²) in [5.41, 5.74) is 2.32. The Morgan fingerprint density at radius 3 is 2.22 bits per heavy atom. The summed E-state index contributed by atoms with van der Waals surface area (Å²) in [6.45, 7) is -0.0563. The smallest absolute Gasteiger partial charge is 0.268 e. The predicted molar refractivity (Wildman–Crippen MR) is 121 cm³/mol. The average molecular weight is 443 g/mol. The lowest BCUT2D eigenvalue weighted by Gasteiger charge is -2.07. The molecule has 0 unspecified atom stereocenters. The SMILES string of the molecule is O=C(Cn1cc(-c2ccccc2)nn1)c1cn(S(=O)(=O)c2ccccc2)c2ccccc12. The minimum Gasteiger partial charge on any atom is -0.292 e. The Hall–Kier alpha value is -4.04. The zero-order valence-electron chi connectivity index (χ0n) is 16.9. The van der Waals surface area contributed by atoms with Gasteiger partial charge in [-0.15, -0.1) is 5.10 Å². The fourth-order valence-corrected chi connectivity index (χ4v) is 5.02. The van der Waals surface area contributed by atoms with Gasteiger partial charge in [-0.2, -0.15) is 0 Å². The fraction of sp³-hybridized carbons (Fsp3) is 0.0417. The van der Waals surface area contributed by atoms with Crippen molar-refractivity contribution in [3.05, 3.63) is 103 Å². The molecule has 158 valence electrons.